The van der Waals surface area contributed by atoms with Crippen LogP contribution in [0.2, 0.25) is 0 Å². The Morgan fingerprint density at radius 1 is 1.31 bits per heavy atom. The fourth-order valence-electron chi connectivity index (χ4n) is 2.24. The quantitative estimate of drug-likeness (QED) is 0.771. The number of nitrogens with one attached hydrogen (secondary N) is 1. The second-order valence-corrected chi connectivity index (χ2v) is 4.38. The first-order chi connectivity index (χ1) is 7.56. The normalized spacial score (nSPS) is 19.0. The monoisotopic (exact) mass is 220 g/mol. The smallest absolute Gasteiger partial charge is 0.227 e. The number of carbonyl (C=O) groups excluding carboxylic acids is 2. The van der Waals surface area contributed by atoms with Crippen molar-refractivity contribution in [2.45, 2.75) is 39.2 Å². The van der Waals surface area contributed by atoms with Crippen molar-refractivity contribution >= 4 is 11.8 Å². The lowest BCUT2D eigenvalue weighted by atomic mass is 9.91. The summed E-state index contributed by atoms with van der Waals surface area (Å²) in [5.74, 6) is 0.0462. The lowest BCUT2D eigenvalue weighted by Crippen LogP contribution is -2.37. The molecule has 1 aromatic rings. The minimum Gasteiger partial charge on any atom is -0.353 e. The first kappa shape index (κ1) is 10.9. The van der Waals surface area contributed by atoms with Crippen molar-refractivity contribution in [3.8, 4) is 0 Å². The summed E-state index contributed by atoms with van der Waals surface area (Å²) in [7, 11) is 0. The Bertz CT molecular complexity index is 434. The van der Waals surface area contributed by atoms with Crippen LogP contribution < -0.4 is 5.32 Å². The molecule has 1 aliphatic rings. The molecule has 1 heterocycles. The first-order valence-corrected chi connectivity index (χ1v) is 5.54. The average molecular weight is 220 g/mol. The summed E-state index contributed by atoms with van der Waals surface area (Å²) in [4.78, 5) is 22.2. The summed E-state index contributed by atoms with van der Waals surface area (Å²) in [5, 5.41) is 2.93. The molecule has 1 aromatic heterocycles. The third kappa shape index (κ3) is 2.15. The maximum atomic E-state index is 11.2. The van der Waals surface area contributed by atoms with Crippen molar-refractivity contribution in [1.29, 1.82) is 0 Å². The molecule has 86 valence electrons. The van der Waals surface area contributed by atoms with Crippen LogP contribution >= 0.6 is 0 Å². The number of hydrogen-bond donors (Lipinski definition) is 1. The molecule has 1 atom stereocenters. The minimum atomic E-state index is 0.0134. The van der Waals surface area contributed by atoms with Crippen LogP contribution in [0.4, 0.5) is 0 Å². The summed E-state index contributed by atoms with van der Waals surface area (Å²) in [5.41, 5.74) is 2.41. The van der Waals surface area contributed by atoms with Gasteiger partial charge in [0.2, 0.25) is 11.8 Å². The molecule has 0 spiro atoms. The van der Waals surface area contributed by atoms with Gasteiger partial charge in [0.15, 0.2) is 0 Å². The first-order valence-electron chi connectivity index (χ1n) is 5.54. The van der Waals surface area contributed by atoms with Crippen LogP contribution in [0, 0.1) is 0 Å². The van der Waals surface area contributed by atoms with Gasteiger partial charge in [-0.25, -0.2) is 0 Å². The molecule has 1 amide bonds. The number of fused-ring (bicyclic) bond motifs is 1. The highest BCUT2D eigenvalue weighted by atomic mass is 16.2. The lowest BCUT2D eigenvalue weighted by molar-refractivity contribution is -0.119. The topological polar surface area (TPSA) is 51.1 Å². The molecule has 0 saturated heterocycles. The zero-order valence-corrected chi connectivity index (χ0v) is 9.62. The van der Waals surface area contributed by atoms with Crippen molar-refractivity contribution in [1.82, 2.24) is 9.88 Å². The van der Waals surface area contributed by atoms with E-state index < -0.39 is 0 Å². The van der Waals surface area contributed by atoms with E-state index in [1.54, 1.807) is 11.5 Å². The highest BCUT2D eigenvalue weighted by Crippen LogP contribution is 2.22. The Balaban J connectivity index is 2.14. The molecule has 16 heavy (non-hydrogen) atoms. The summed E-state index contributed by atoms with van der Waals surface area (Å²) >= 11 is 0. The summed E-state index contributed by atoms with van der Waals surface area (Å²) in [6.45, 7) is 3.09. The van der Waals surface area contributed by atoms with Gasteiger partial charge >= 0.3 is 0 Å². The van der Waals surface area contributed by atoms with Crippen LogP contribution in [0.5, 0.6) is 0 Å². The summed E-state index contributed by atoms with van der Waals surface area (Å²) in [6, 6.07) is 0.216. The Labute approximate surface area is 94.6 Å². The molecule has 0 radical (unpaired) electrons. The second-order valence-electron chi connectivity index (χ2n) is 4.38. The zero-order valence-electron chi connectivity index (χ0n) is 9.62. The van der Waals surface area contributed by atoms with E-state index in [9.17, 15) is 9.59 Å². The third-order valence-corrected chi connectivity index (χ3v) is 3.00. The van der Waals surface area contributed by atoms with E-state index in [0.717, 1.165) is 19.3 Å². The van der Waals surface area contributed by atoms with E-state index in [-0.39, 0.29) is 17.9 Å². The minimum absolute atomic E-state index is 0.0134. The molecule has 4 nitrogen and oxygen atoms in total. The Kier molecular flexibility index (Phi) is 2.81. The molecule has 0 aromatic carbocycles. The van der Waals surface area contributed by atoms with Crippen molar-refractivity contribution in [3.63, 3.8) is 0 Å². The van der Waals surface area contributed by atoms with Crippen LogP contribution in [-0.4, -0.2) is 22.4 Å². The van der Waals surface area contributed by atoms with Gasteiger partial charge < -0.3 is 5.32 Å². The van der Waals surface area contributed by atoms with Crippen LogP contribution in [0.1, 0.15) is 36.2 Å². The van der Waals surface area contributed by atoms with Gasteiger partial charge in [-0.1, -0.05) is 0 Å². The van der Waals surface area contributed by atoms with E-state index in [1.165, 1.54) is 18.1 Å². The number of amides is 1. The molecule has 2 rings (SSSR count). The highest BCUT2D eigenvalue weighted by molar-refractivity contribution is 5.76. The maximum absolute atomic E-state index is 11.2. The van der Waals surface area contributed by atoms with E-state index in [1.807, 2.05) is 12.4 Å². The molecule has 0 fully saturated rings. The predicted octanol–water partition coefficient (Wildman–Crippen LogP) is 1.14. The van der Waals surface area contributed by atoms with Crippen molar-refractivity contribution in [2.24, 2.45) is 0 Å². The fraction of sp³-hybridized carbons (Fsp3) is 0.500. The van der Waals surface area contributed by atoms with Crippen LogP contribution in [0.15, 0.2) is 12.4 Å². The molecular weight excluding hydrogens is 204 g/mol. The van der Waals surface area contributed by atoms with Crippen molar-refractivity contribution in [2.75, 3.05) is 0 Å². The molecule has 0 unspecified atom stereocenters. The Morgan fingerprint density at radius 2 is 2.00 bits per heavy atom. The van der Waals surface area contributed by atoms with E-state index >= 15 is 0 Å². The summed E-state index contributed by atoms with van der Waals surface area (Å²) in [6.07, 6.45) is 6.50. The molecule has 0 aliphatic heterocycles. The number of nitrogens with zero attached hydrogens (tertiary/aromatic N) is 1. The van der Waals surface area contributed by atoms with Gasteiger partial charge in [-0.3, -0.25) is 14.2 Å². The fourth-order valence-corrected chi connectivity index (χ4v) is 2.24. The van der Waals surface area contributed by atoms with Crippen LogP contribution in [0.25, 0.3) is 0 Å². The standard InChI is InChI=1S/C12H16N2O2/c1-8(15)13-12-4-3-10-6-14(9(2)16)7-11(10)5-12/h6-7,12H,3-5H2,1-2H3,(H,13,15)/t12-/m0/s1. The van der Waals surface area contributed by atoms with Gasteiger partial charge in [-0.15, -0.1) is 0 Å². The molecule has 0 saturated carbocycles. The Morgan fingerprint density at radius 3 is 2.62 bits per heavy atom. The predicted molar refractivity (Wildman–Crippen MR) is 60.4 cm³/mol. The number of aryl methyl sites for hydroxylation is 1. The second kappa shape index (κ2) is 4.12. The van der Waals surface area contributed by atoms with Crippen molar-refractivity contribution in [3.05, 3.63) is 23.5 Å². The largest absolute Gasteiger partial charge is 0.353 e. The molecule has 0 bridgehead atoms. The van der Waals surface area contributed by atoms with Gasteiger partial charge in [-0.05, 0) is 30.4 Å². The van der Waals surface area contributed by atoms with Crippen LogP contribution in [-0.2, 0) is 17.6 Å². The number of hydrogen-bond acceptors (Lipinski definition) is 2. The number of rotatable bonds is 1. The van der Waals surface area contributed by atoms with E-state index in [2.05, 4.69) is 5.32 Å². The number of carbonyl (C=O) groups is 2. The summed E-state index contributed by atoms with van der Waals surface area (Å²) < 4.78 is 1.63. The highest BCUT2D eigenvalue weighted by Gasteiger charge is 2.21. The van der Waals surface area contributed by atoms with Crippen LogP contribution in [0.3, 0.4) is 0 Å². The Hall–Kier alpha value is -1.58. The van der Waals surface area contributed by atoms with Gasteiger partial charge in [0.05, 0.1) is 0 Å². The lowest BCUT2D eigenvalue weighted by Gasteiger charge is -2.22. The molecular formula is C12H16N2O2. The average Bonchev–Trinajstić information content (AvgIpc) is 2.59. The third-order valence-electron chi connectivity index (χ3n) is 3.00. The van der Waals surface area contributed by atoms with Gasteiger partial charge in [0, 0.05) is 32.3 Å². The van der Waals surface area contributed by atoms with Gasteiger partial charge in [-0.2, -0.15) is 0 Å². The van der Waals surface area contributed by atoms with Gasteiger partial charge in [0.1, 0.15) is 0 Å². The molecule has 1 aliphatic carbocycles. The molecule has 4 heteroatoms. The maximum Gasteiger partial charge on any atom is 0.227 e. The molecule has 1 N–H and O–H groups in total. The van der Waals surface area contributed by atoms with E-state index in [4.69, 9.17) is 0 Å². The van der Waals surface area contributed by atoms with E-state index in [0.29, 0.717) is 0 Å². The SMILES string of the molecule is CC(=O)N[C@H]1CCc2cn(C(C)=O)cc2C1. The zero-order chi connectivity index (χ0) is 11.7. The van der Waals surface area contributed by atoms with Gasteiger partial charge in [0.25, 0.3) is 0 Å². The number of aromatic nitrogens is 1. The van der Waals surface area contributed by atoms with Crippen molar-refractivity contribution < 1.29 is 9.59 Å².